The first-order valence-corrected chi connectivity index (χ1v) is 6.12. The highest BCUT2D eigenvalue weighted by Gasteiger charge is 2.31. The molecule has 0 aliphatic rings. The van der Waals surface area contributed by atoms with E-state index in [1.165, 1.54) is 4.88 Å². The Kier molecular flexibility index (Phi) is 4.31. The molecule has 0 amide bonds. The van der Waals surface area contributed by atoms with Crippen LogP contribution >= 0.6 is 11.3 Å². The van der Waals surface area contributed by atoms with Crippen LogP contribution < -0.4 is 0 Å². The lowest BCUT2D eigenvalue weighted by Gasteiger charge is -2.25. The maximum Gasteiger partial charge on any atom is 0.0924 e. The van der Waals surface area contributed by atoms with Crippen molar-refractivity contribution in [2.45, 2.75) is 25.2 Å². The van der Waals surface area contributed by atoms with E-state index in [4.69, 9.17) is 0 Å². The molecule has 0 bridgehead atoms. The summed E-state index contributed by atoms with van der Waals surface area (Å²) in [4.78, 5) is 3.34. The molecule has 0 fully saturated rings. The quantitative estimate of drug-likeness (QED) is 0.766. The third-order valence-electron chi connectivity index (χ3n) is 2.80. The molecule has 1 aromatic heterocycles. The lowest BCUT2D eigenvalue weighted by atomic mass is 9.81. The molecule has 3 heteroatoms. The summed E-state index contributed by atoms with van der Waals surface area (Å²) in [6.07, 6.45) is 1.80. The molecule has 0 saturated heterocycles. The van der Waals surface area contributed by atoms with E-state index in [1.54, 1.807) is 11.3 Å². The van der Waals surface area contributed by atoms with Gasteiger partial charge in [-0.05, 0) is 44.9 Å². The number of thiophene rings is 1. The van der Waals surface area contributed by atoms with Crippen LogP contribution in [0.5, 0.6) is 0 Å². The summed E-state index contributed by atoms with van der Waals surface area (Å²) in [7, 11) is 4.10. The van der Waals surface area contributed by atoms with Crippen molar-refractivity contribution < 1.29 is 0 Å². The van der Waals surface area contributed by atoms with Gasteiger partial charge in [0, 0.05) is 4.88 Å². The first-order chi connectivity index (χ1) is 7.14. The standard InChI is InChI=1S/C12H18N2S/c1-4-12(10-13,7-8-14(2)3)11-6-5-9-15-11/h5-6,9H,4,7-8H2,1-3H3. The zero-order chi connectivity index (χ0) is 11.3. The van der Waals surface area contributed by atoms with Crippen molar-refractivity contribution in [2.75, 3.05) is 20.6 Å². The Morgan fingerprint density at radius 3 is 2.67 bits per heavy atom. The van der Waals surface area contributed by atoms with Crippen LogP contribution in [-0.4, -0.2) is 25.5 Å². The summed E-state index contributed by atoms with van der Waals surface area (Å²) in [5.41, 5.74) is -0.279. The molecule has 0 aromatic carbocycles. The van der Waals surface area contributed by atoms with E-state index < -0.39 is 0 Å². The van der Waals surface area contributed by atoms with Gasteiger partial charge in [-0.3, -0.25) is 0 Å². The predicted octanol–water partition coefficient (Wildman–Crippen LogP) is 2.87. The van der Waals surface area contributed by atoms with Crippen LogP contribution in [0.3, 0.4) is 0 Å². The van der Waals surface area contributed by atoms with Crippen LogP contribution in [0.15, 0.2) is 17.5 Å². The lowest BCUT2D eigenvalue weighted by molar-refractivity contribution is 0.350. The van der Waals surface area contributed by atoms with E-state index in [0.717, 1.165) is 19.4 Å². The van der Waals surface area contributed by atoms with Gasteiger partial charge >= 0.3 is 0 Å². The molecule has 0 radical (unpaired) electrons. The highest BCUT2D eigenvalue weighted by molar-refractivity contribution is 7.10. The van der Waals surface area contributed by atoms with Gasteiger partial charge in [0.15, 0.2) is 0 Å². The van der Waals surface area contributed by atoms with Crippen molar-refractivity contribution in [1.82, 2.24) is 4.90 Å². The van der Waals surface area contributed by atoms with E-state index >= 15 is 0 Å². The second kappa shape index (κ2) is 5.29. The van der Waals surface area contributed by atoms with E-state index in [2.05, 4.69) is 24.0 Å². The van der Waals surface area contributed by atoms with Gasteiger partial charge in [-0.25, -0.2) is 0 Å². The number of nitrogens with zero attached hydrogens (tertiary/aromatic N) is 2. The Morgan fingerprint density at radius 2 is 2.27 bits per heavy atom. The van der Waals surface area contributed by atoms with E-state index in [0.29, 0.717) is 0 Å². The van der Waals surface area contributed by atoms with Crippen molar-refractivity contribution in [1.29, 1.82) is 5.26 Å². The first kappa shape index (κ1) is 12.2. The average molecular weight is 222 g/mol. The van der Waals surface area contributed by atoms with Crippen molar-refractivity contribution in [3.05, 3.63) is 22.4 Å². The van der Waals surface area contributed by atoms with Gasteiger partial charge in [-0.1, -0.05) is 13.0 Å². The maximum absolute atomic E-state index is 9.40. The summed E-state index contributed by atoms with van der Waals surface area (Å²) in [5, 5.41) is 11.4. The van der Waals surface area contributed by atoms with E-state index in [9.17, 15) is 5.26 Å². The van der Waals surface area contributed by atoms with Crippen LogP contribution in [0.25, 0.3) is 0 Å². The smallest absolute Gasteiger partial charge is 0.0924 e. The minimum absolute atomic E-state index is 0.279. The molecule has 1 unspecified atom stereocenters. The minimum Gasteiger partial charge on any atom is -0.309 e. The summed E-state index contributed by atoms with van der Waals surface area (Å²) in [6.45, 7) is 3.05. The number of rotatable bonds is 5. The first-order valence-electron chi connectivity index (χ1n) is 5.24. The molecule has 1 rings (SSSR count). The van der Waals surface area contributed by atoms with Crippen molar-refractivity contribution in [2.24, 2.45) is 0 Å². The molecule has 0 aliphatic heterocycles. The Bertz CT molecular complexity index is 324. The Balaban J connectivity index is 2.85. The fourth-order valence-electron chi connectivity index (χ4n) is 1.63. The van der Waals surface area contributed by atoms with Crippen molar-refractivity contribution >= 4 is 11.3 Å². The van der Waals surface area contributed by atoms with Crippen LogP contribution in [-0.2, 0) is 5.41 Å². The Hall–Kier alpha value is -0.850. The molecule has 0 N–H and O–H groups in total. The summed E-state index contributed by atoms with van der Waals surface area (Å²) in [5.74, 6) is 0. The third kappa shape index (κ3) is 2.80. The second-order valence-corrected chi connectivity index (χ2v) is 5.03. The van der Waals surface area contributed by atoms with E-state index in [-0.39, 0.29) is 5.41 Å². The topological polar surface area (TPSA) is 27.0 Å². The Labute approximate surface area is 96.1 Å². The summed E-state index contributed by atoms with van der Waals surface area (Å²) < 4.78 is 0. The van der Waals surface area contributed by atoms with Gasteiger partial charge in [-0.2, -0.15) is 5.26 Å². The number of nitriles is 1. The fraction of sp³-hybridized carbons (Fsp3) is 0.583. The SMILES string of the molecule is CCC(C#N)(CCN(C)C)c1cccs1. The zero-order valence-electron chi connectivity index (χ0n) is 9.66. The second-order valence-electron chi connectivity index (χ2n) is 4.08. The molecular formula is C12H18N2S. The van der Waals surface area contributed by atoms with Gasteiger partial charge in [0.1, 0.15) is 0 Å². The van der Waals surface area contributed by atoms with Crippen molar-refractivity contribution in [3.63, 3.8) is 0 Å². The van der Waals surface area contributed by atoms with Crippen LogP contribution in [0.2, 0.25) is 0 Å². The normalized spacial score (nSPS) is 14.9. The zero-order valence-corrected chi connectivity index (χ0v) is 10.5. The van der Waals surface area contributed by atoms with Gasteiger partial charge in [0.25, 0.3) is 0 Å². The lowest BCUT2D eigenvalue weighted by Crippen LogP contribution is -2.27. The third-order valence-corrected chi connectivity index (χ3v) is 3.87. The minimum atomic E-state index is -0.279. The van der Waals surface area contributed by atoms with Crippen molar-refractivity contribution in [3.8, 4) is 6.07 Å². The van der Waals surface area contributed by atoms with Gasteiger partial charge in [0.2, 0.25) is 0 Å². The van der Waals surface area contributed by atoms with Gasteiger partial charge in [0.05, 0.1) is 11.5 Å². The molecule has 0 spiro atoms. The van der Waals surface area contributed by atoms with Gasteiger partial charge < -0.3 is 4.90 Å². The number of hydrogen-bond donors (Lipinski definition) is 0. The highest BCUT2D eigenvalue weighted by atomic mass is 32.1. The fourth-order valence-corrected chi connectivity index (χ4v) is 2.61. The largest absolute Gasteiger partial charge is 0.309 e. The molecule has 1 atom stereocenters. The maximum atomic E-state index is 9.40. The summed E-state index contributed by atoms with van der Waals surface area (Å²) in [6, 6.07) is 6.61. The predicted molar refractivity (Wildman–Crippen MR) is 65.1 cm³/mol. The van der Waals surface area contributed by atoms with E-state index in [1.807, 2.05) is 25.5 Å². The molecule has 2 nitrogen and oxygen atoms in total. The van der Waals surface area contributed by atoms with Crippen LogP contribution in [0, 0.1) is 11.3 Å². The molecule has 0 saturated carbocycles. The van der Waals surface area contributed by atoms with Crippen LogP contribution in [0.4, 0.5) is 0 Å². The van der Waals surface area contributed by atoms with Crippen LogP contribution in [0.1, 0.15) is 24.6 Å². The molecular weight excluding hydrogens is 204 g/mol. The molecule has 82 valence electrons. The highest BCUT2D eigenvalue weighted by Crippen LogP contribution is 2.34. The molecule has 1 aromatic rings. The Morgan fingerprint density at radius 1 is 1.53 bits per heavy atom. The average Bonchev–Trinajstić information content (AvgIpc) is 2.74. The molecule has 15 heavy (non-hydrogen) atoms. The number of hydrogen-bond acceptors (Lipinski definition) is 3. The summed E-state index contributed by atoms with van der Waals surface area (Å²) >= 11 is 1.69. The molecule has 0 aliphatic carbocycles. The monoisotopic (exact) mass is 222 g/mol. The molecule has 1 heterocycles. The van der Waals surface area contributed by atoms with Gasteiger partial charge in [-0.15, -0.1) is 11.3 Å².